The number of aryl methyl sites for hydroxylation is 4. The molecule has 1 saturated heterocycles. The highest BCUT2D eigenvalue weighted by molar-refractivity contribution is 5.85. The van der Waals surface area contributed by atoms with Gasteiger partial charge in [0, 0.05) is 69.0 Å². The molecule has 0 amide bonds. The third kappa shape index (κ3) is 4.78. The average molecular weight is 537 g/mol. The molecule has 5 aromatic rings. The first-order chi connectivity index (χ1) is 19.6. The van der Waals surface area contributed by atoms with Gasteiger partial charge in [-0.25, -0.2) is 9.97 Å². The monoisotopic (exact) mass is 536 g/mol. The van der Waals surface area contributed by atoms with Crippen LogP contribution in [0.5, 0.6) is 0 Å². The van der Waals surface area contributed by atoms with E-state index in [9.17, 15) is 0 Å². The molecule has 11 heteroatoms. The summed E-state index contributed by atoms with van der Waals surface area (Å²) in [6.45, 7) is 5.34. The van der Waals surface area contributed by atoms with E-state index in [1.165, 1.54) is 0 Å². The van der Waals surface area contributed by atoms with Crippen molar-refractivity contribution >= 4 is 11.6 Å². The Bertz CT molecular complexity index is 1640. The van der Waals surface area contributed by atoms with E-state index in [-0.39, 0.29) is 0 Å². The summed E-state index contributed by atoms with van der Waals surface area (Å²) >= 11 is 0. The molecule has 40 heavy (non-hydrogen) atoms. The van der Waals surface area contributed by atoms with Crippen LogP contribution in [0.4, 0.5) is 11.6 Å². The lowest BCUT2D eigenvalue weighted by molar-refractivity contribution is 0.0360. The van der Waals surface area contributed by atoms with Gasteiger partial charge in [0.05, 0.1) is 54.9 Å². The van der Waals surface area contributed by atoms with E-state index in [1.807, 2.05) is 59.1 Å². The molecule has 1 aromatic carbocycles. The minimum atomic E-state index is 0.557. The molecule has 2 aliphatic rings. The molecule has 1 aliphatic carbocycles. The van der Waals surface area contributed by atoms with Gasteiger partial charge >= 0.3 is 0 Å². The maximum Gasteiger partial charge on any atom is 0.227 e. The zero-order chi connectivity index (χ0) is 27.1. The van der Waals surface area contributed by atoms with E-state index >= 15 is 0 Å². The number of anilines is 2. The van der Waals surface area contributed by atoms with Gasteiger partial charge in [-0.15, -0.1) is 0 Å². The number of nitrogens with zero attached hydrogens (tertiary/aromatic N) is 9. The van der Waals surface area contributed by atoms with Crippen LogP contribution >= 0.6 is 0 Å². The zero-order valence-electron chi connectivity index (χ0n) is 22.8. The fraction of sp³-hybridized carbons (Fsp3) is 0.345. The molecule has 0 atom stereocenters. The normalized spacial score (nSPS) is 15.2. The number of ether oxygens (including phenoxy) is 1. The highest BCUT2D eigenvalue weighted by Gasteiger charge is 2.27. The molecule has 11 nitrogen and oxygen atoms in total. The zero-order valence-corrected chi connectivity index (χ0v) is 22.8. The lowest BCUT2D eigenvalue weighted by Gasteiger charge is -2.26. The fourth-order valence-electron chi connectivity index (χ4n) is 5.59. The first-order valence-corrected chi connectivity index (χ1v) is 13.7. The van der Waals surface area contributed by atoms with Crippen LogP contribution in [0, 0.1) is 0 Å². The molecule has 204 valence electrons. The molecule has 7 rings (SSSR count). The number of benzene rings is 1. The molecule has 0 unspecified atom stereocenters. The van der Waals surface area contributed by atoms with Crippen LogP contribution in [0.25, 0.3) is 33.6 Å². The van der Waals surface area contributed by atoms with Crippen molar-refractivity contribution in [2.45, 2.75) is 19.4 Å². The van der Waals surface area contributed by atoms with Crippen LogP contribution in [-0.4, -0.2) is 77.1 Å². The Kier molecular flexibility index (Phi) is 6.37. The van der Waals surface area contributed by atoms with Crippen molar-refractivity contribution in [3.8, 4) is 33.6 Å². The van der Waals surface area contributed by atoms with Crippen molar-refractivity contribution in [2.24, 2.45) is 14.1 Å². The van der Waals surface area contributed by atoms with Gasteiger partial charge in [0.1, 0.15) is 0 Å². The third-order valence-corrected chi connectivity index (χ3v) is 7.69. The largest absolute Gasteiger partial charge is 0.379 e. The minimum Gasteiger partial charge on any atom is -0.379 e. The quantitative estimate of drug-likeness (QED) is 0.338. The van der Waals surface area contributed by atoms with Gasteiger partial charge in [0.2, 0.25) is 5.95 Å². The van der Waals surface area contributed by atoms with Crippen molar-refractivity contribution in [1.82, 2.24) is 44.2 Å². The molecule has 0 spiro atoms. The maximum absolute atomic E-state index is 5.44. The van der Waals surface area contributed by atoms with Crippen LogP contribution in [0.3, 0.4) is 0 Å². The van der Waals surface area contributed by atoms with Gasteiger partial charge < -0.3 is 10.1 Å². The summed E-state index contributed by atoms with van der Waals surface area (Å²) in [4.78, 5) is 12.0. The topological polar surface area (TPSA) is 104 Å². The Morgan fingerprint density at radius 1 is 0.875 bits per heavy atom. The minimum absolute atomic E-state index is 0.557. The molecule has 0 radical (unpaired) electrons. The van der Waals surface area contributed by atoms with Crippen molar-refractivity contribution in [1.29, 1.82) is 0 Å². The molecule has 1 N–H and O–H groups in total. The second kappa shape index (κ2) is 10.3. The first-order valence-electron chi connectivity index (χ1n) is 13.7. The summed E-state index contributed by atoms with van der Waals surface area (Å²) in [5.74, 6) is 0.557. The lowest BCUT2D eigenvalue weighted by Crippen LogP contribution is -2.38. The van der Waals surface area contributed by atoms with E-state index in [2.05, 4.69) is 49.7 Å². The van der Waals surface area contributed by atoms with E-state index in [0.29, 0.717) is 5.95 Å². The van der Waals surface area contributed by atoms with Crippen LogP contribution in [0.15, 0.2) is 55.2 Å². The molecule has 4 aromatic heterocycles. The second-order valence-corrected chi connectivity index (χ2v) is 10.4. The summed E-state index contributed by atoms with van der Waals surface area (Å²) in [7, 11) is 3.94. The molecule has 5 heterocycles. The lowest BCUT2D eigenvalue weighted by atomic mass is 9.91. The second-order valence-electron chi connectivity index (χ2n) is 10.4. The predicted octanol–water partition coefficient (Wildman–Crippen LogP) is 3.32. The van der Waals surface area contributed by atoms with Crippen molar-refractivity contribution in [3.05, 3.63) is 66.5 Å². The summed E-state index contributed by atoms with van der Waals surface area (Å²) in [5, 5.41) is 17.1. The van der Waals surface area contributed by atoms with Crippen molar-refractivity contribution < 1.29 is 4.74 Å². The maximum atomic E-state index is 5.44. The van der Waals surface area contributed by atoms with Gasteiger partial charge in [-0.2, -0.15) is 15.3 Å². The number of rotatable bonds is 7. The number of morpholine rings is 1. The summed E-state index contributed by atoms with van der Waals surface area (Å²) < 4.78 is 11.2. The van der Waals surface area contributed by atoms with Crippen LogP contribution in [0.2, 0.25) is 0 Å². The van der Waals surface area contributed by atoms with Gasteiger partial charge in [0.25, 0.3) is 0 Å². The summed E-state index contributed by atoms with van der Waals surface area (Å²) in [6, 6.07) is 8.58. The number of aromatic nitrogens is 8. The first kappa shape index (κ1) is 24.7. The van der Waals surface area contributed by atoms with Crippen LogP contribution < -0.4 is 5.32 Å². The van der Waals surface area contributed by atoms with Crippen LogP contribution in [0.1, 0.15) is 11.3 Å². The van der Waals surface area contributed by atoms with E-state index in [4.69, 9.17) is 14.8 Å². The van der Waals surface area contributed by atoms with Crippen LogP contribution in [-0.2, 0) is 38.2 Å². The fourth-order valence-corrected chi connectivity index (χ4v) is 5.59. The Morgan fingerprint density at radius 3 is 2.50 bits per heavy atom. The average Bonchev–Trinajstić information content (AvgIpc) is 3.71. The Morgan fingerprint density at radius 2 is 1.70 bits per heavy atom. The van der Waals surface area contributed by atoms with E-state index < -0.39 is 0 Å². The number of hydrogen-bond acceptors (Lipinski definition) is 8. The number of fused-ring (bicyclic) bond motifs is 3. The Labute approximate surface area is 232 Å². The molecular weight excluding hydrogens is 504 g/mol. The van der Waals surface area contributed by atoms with Gasteiger partial charge in [-0.05, 0) is 24.0 Å². The molecular formula is C29H32N10O. The molecule has 0 saturated carbocycles. The smallest absolute Gasteiger partial charge is 0.227 e. The van der Waals surface area contributed by atoms with E-state index in [1.54, 1.807) is 0 Å². The Balaban J connectivity index is 1.14. The molecule has 0 bridgehead atoms. The van der Waals surface area contributed by atoms with Crippen molar-refractivity contribution in [2.75, 3.05) is 38.2 Å². The van der Waals surface area contributed by atoms with Gasteiger partial charge in [-0.3, -0.25) is 18.9 Å². The molecule has 1 aliphatic heterocycles. The van der Waals surface area contributed by atoms with Gasteiger partial charge in [0.15, 0.2) is 0 Å². The SMILES string of the molecule is Cn1cc(-c2ccc(-c3c4c(nn3C)CCc3cnc(Nc5cnn(CCN6CCOCC6)c5)nc3-4)cc2)cn1. The summed E-state index contributed by atoms with van der Waals surface area (Å²) in [5.41, 5.74) is 9.51. The highest BCUT2D eigenvalue weighted by atomic mass is 16.5. The standard InChI is InChI=1S/C29H32N10O/c1-36-18-23(16-31-36)20-3-5-21(6-4-20)28-26-25(35-37(28)2)8-7-22-15-30-29(34-27(22)26)33-24-17-32-39(19-24)10-9-38-11-13-40-14-12-38/h3-6,15-19H,7-14H2,1-2H3,(H,30,33,34). The Hall–Kier alpha value is -4.35. The number of nitrogens with one attached hydrogen (secondary N) is 1. The summed E-state index contributed by atoms with van der Waals surface area (Å²) in [6.07, 6.45) is 11.4. The van der Waals surface area contributed by atoms with Gasteiger partial charge in [-0.1, -0.05) is 24.3 Å². The van der Waals surface area contributed by atoms with E-state index in [0.717, 1.165) is 103 Å². The van der Waals surface area contributed by atoms with Crippen molar-refractivity contribution in [3.63, 3.8) is 0 Å². The number of hydrogen-bond donors (Lipinski definition) is 1. The third-order valence-electron chi connectivity index (χ3n) is 7.69. The molecule has 1 fully saturated rings. The predicted molar refractivity (Wildman–Crippen MR) is 152 cm³/mol. The highest BCUT2D eigenvalue weighted by Crippen LogP contribution is 2.40.